The molecule has 1 aliphatic heterocycles. The van der Waals surface area contributed by atoms with Crippen LogP contribution < -0.4 is 4.90 Å². The van der Waals surface area contributed by atoms with Gasteiger partial charge in [-0.1, -0.05) is 113 Å². The topological polar surface area (TPSA) is 3.01 Å². The SMILES string of the molecule is CC(C)(C)[Si](C)(C)[C@]1(c2ccccc2)[C@@H](c2ccccc2)N1c1ccccc1. The van der Waals surface area contributed by atoms with Crippen LogP contribution in [0.4, 0.5) is 5.69 Å². The standard InChI is InChI=1S/C26H31NSi/c1-25(2,3)28(4,5)26(22-17-11-7-12-18-22)24(21-15-9-6-10-16-21)27(26)23-19-13-8-14-20-23/h6-20,24H,1-5H3/t24-,26-,27?/m1/s1. The molecule has 0 unspecified atom stereocenters. The van der Waals surface area contributed by atoms with Gasteiger partial charge in [0.2, 0.25) is 0 Å². The molecular formula is C26H31NSi. The Kier molecular flexibility index (Phi) is 4.50. The Balaban J connectivity index is 2.00. The van der Waals surface area contributed by atoms with Crippen molar-refractivity contribution in [3.8, 4) is 0 Å². The second-order valence-electron chi connectivity index (χ2n) is 9.53. The summed E-state index contributed by atoms with van der Waals surface area (Å²) in [5, 5.41) is 0.300. The first kappa shape index (κ1) is 19.0. The summed E-state index contributed by atoms with van der Waals surface area (Å²) in [4.78, 5) is 2.70. The fraction of sp³-hybridized carbons (Fsp3) is 0.308. The van der Waals surface area contributed by atoms with Crippen molar-refractivity contribution in [3.05, 3.63) is 102 Å². The van der Waals surface area contributed by atoms with E-state index in [2.05, 4.69) is 130 Å². The third kappa shape index (κ3) is 2.66. The number of hydrogen-bond acceptors (Lipinski definition) is 1. The highest BCUT2D eigenvalue weighted by molar-refractivity contribution is 6.84. The zero-order chi connectivity index (χ0) is 20.0. The molecule has 0 bridgehead atoms. The van der Waals surface area contributed by atoms with Crippen LogP contribution in [0.25, 0.3) is 0 Å². The average molecular weight is 386 g/mol. The number of para-hydroxylation sites is 1. The molecule has 1 nitrogen and oxygen atoms in total. The van der Waals surface area contributed by atoms with Crippen molar-refractivity contribution in [1.29, 1.82) is 0 Å². The zero-order valence-corrected chi connectivity index (χ0v) is 18.7. The fourth-order valence-electron chi connectivity index (χ4n) is 4.82. The Morgan fingerprint density at radius 1 is 0.714 bits per heavy atom. The van der Waals surface area contributed by atoms with Crippen molar-refractivity contribution in [1.82, 2.24) is 0 Å². The van der Waals surface area contributed by atoms with Crippen LogP contribution in [-0.4, -0.2) is 8.07 Å². The van der Waals surface area contributed by atoms with Gasteiger partial charge >= 0.3 is 0 Å². The Morgan fingerprint density at radius 2 is 1.18 bits per heavy atom. The first-order chi connectivity index (χ1) is 13.3. The van der Waals surface area contributed by atoms with Crippen LogP contribution in [0.3, 0.4) is 0 Å². The maximum absolute atomic E-state index is 2.70. The summed E-state index contributed by atoms with van der Waals surface area (Å²) in [5.41, 5.74) is 4.20. The minimum Gasteiger partial charge on any atom is -0.353 e. The van der Waals surface area contributed by atoms with Gasteiger partial charge in [-0.2, -0.15) is 0 Å². The van der Waals surface area contributed by atoms with Crippen molar-refractivity contribution in [3.63, 3.8) is 0 Å². The van der Waals surface area contributed by atoms with E-state index in [-0.39, 0.29) is 10.2 Å². The lowest BCUT2D eigenvalue weighted by Crippen LogP contribution is -2.53. The molecule has 1 saturated heterocycles. The Hall–Kier alpha value is -2.32. The van der Waals surface area contributed by atoms with Crippen LogP contribution in [0.2, 0.25) is 18.1 Å². The van der Waals surface area contributed by atoms with Gasteiger partial charge in [0.1, 0.15) is 0 Å². The van der Waals surface area contributed by atoms with E-state index in [1.807, 2.05) is 0 Å². The molecule has 0 saturated carbocycles. The molecule has 144 valence electrons. The third-order valence-electron chi connectivity index (χ3n) is 7.16. The molecule has 4 rings (SSSR count). The molecule has 0 radical (unpaired) electrons. The summed E-state index contributed by atoms with van der Waals surface area (Å²) in [5.74, 6) is 0. The molecule has 28 heavy (non-hydrogen) atoms. The lowest BCUT2D eigenvalue weighted by Gasteiger charge is -2.44. The monoisotopic (exact) mass is 385 g/mol. The predicted octanol–water partition coefficient (Wildman–Crippen LogP) is 7.19. The fourth-order valence-corrected chi connectivity index (χ4v) is 8.63. The molecule has 0 aromatic heterocycles. The number of rotatable bonds is 4. The van der Waals surface area contributed by atoms with E-state index in [1.165, 1.54) is 16.8 Å². The minimum atomic E-state index is -1.83. The van der Waals surface area contributed by atoms with E-state index < -0.39 is 8.07 Å². The Morgan fingerprint density at radius 3 is 1.68 bits per heavy atom. The summed E-state index contributed by atoms with van der Waals surface area (Å²) in [7, 11) is -1.83. The van der Waals surface area contributed by atoms with Gasteiger partial charge < -0.3 is 4.90 Å². The molecule has 0 spiro atoms. The van der Waals surface area contributed by atoms with Crippen LogP contribution >= 0.6 is 0 Å². The molecule has 0 N–H and O–H groups in total. The molecule has 1 heterocycles. The van der Waals surface area contributed by atoms with Gasteiger partial charge in [0.05, 0.1) is 19.3 Å². The smallest absolute Gasteiger partial charge is 0.0916 e. The highest BCUT2D eigenvalue weighted by Gasteiger charge is 2.73. The summed E-state index contributed by atoms with van der Waals surface area (Å²) in [6, 6.07) is 33.7. The van der Waals surface area contributed by atoms with Crippen molar-refractivity contribution in [2.24, 2.45) is 0 Å². The van der Waals surface area contributed by atoms with E-state index in [0.717, 1.165) is 0 Å². The lowest BCUT2D eigenvalue weighted by atomic mass is 10.0. The summed E-state index contributed by atoms with van der Waals surface area (Å²) < 4.78 is 0. The number of hydrogen-bond donors (Lipinski definition) is 0. The Bertz CT molecular complexity index is 881. The van der Waals surface area contributed by atoms with Gasteiger partial charge in [-0.15, -0.1) is 0 Å². The van der Waals surface area contributed by atoms with Gasteiger partial charge in [0.15, 0.2) is 0 Å². The number of benzene rings is 3. The van der Waals surface area contributed by atoms with Crippen LogP contribution in [-0.2, 0) is 5.16 Å². The second kappa shape index (κ2) is 6.63. The lowest BCUT2D eigenvalue weighted by molar-refractivity contribution is 0.675. The van der Waals surface area contributed by atoms with Crippen molar-refractivity contribution < 1.29 is 0 Å². The molecular weight excluding hydrogens is 354 g/mol. The first-order valence-corrected chi connectivity index (χ1v) is 13.3. The van der Waals surface area contributed by atoms with E-state index in [0.29, 0.717) is 6.04 Å². The van der Waals surface area contributed by atoms with Crippen LogP contribution in [0, 0.1) is 0 Å². The van der Waals surface area contributed by atoms with Gasteiger partial charge in [-0.25, -0.2) is 0 Å². The van der Waals surface area contributed by atoms with Crippen LogP contribution in [0.1, 0.15) is 37.9 Å². The third-order valence-corrected chi connectivity index (χ3v) is 13.6. The van der Waals surface area contributed by atoms with Crippen molar-refractivity contribution in [2.75, 3.05) is 4.90 Å². The molecule has 0 aliphatic carbocycles. The average Bonchev–Trinajstić information content (AvgIpc) is 3.41. The highest BCUT2D eigenvalue weighted by atomic mass is 28.3. The maximum atomic E-state index is 2.70. The summed E-state index contributed by atoms with van der Waals surface area (Å²) in [6.07, 6.45) is 0. The van der Waals surface area contributed by atoms with Crippen molar-refractivity contribution >= 4 is 13.8 Å². The minimum absolute atomic E-state index is 0.0369. The quantitative estimate of drug-likeness (QED) is 0.339. The van der Waals surface area contributed by atoms with E-state index >= 15 is 0 Å². The maximum Gasteiger partial charge on any atom is 0.0916 e. The summed E-state index contributed by atoms with van der Waals surface area (Å²) >= 11 is 0. The zero-order valence-electron chi connectivity index (χ0n) is 17.7. The second-order valence-corrected chi connectivity index (χ2v) is 15.0. The molecule has 0 amide bonds. The largest absolute Gasteiger partial charge is 0.353 e. The normalized spacial score (nSPS) is 22.2. The van der Waals surface area contributed by atoms with Crippen molar-refractivity contribution in [2.45, 2.75) is 50.1 Å². The molecule has 3 aromatic rings. The molecule has 3 aromatic carbocycles. The molecule has 2 atom stereocenters. The summed E-state index contributed by atoms with van der Waals surface area (Å²) in [6.45, 7) is 12.5. The van der Waals surface area contributed by atoms with E-state index in [9.17, 15) is 0 Å². The van der Waals surface area contributed by atoms with Gasteiger partial charge in [-0.3, -0.25) is 0 Å². The number of anilines is 1. The van der Waals surface area contributed by atoms with Crippen LogP contribution in [0.15, 0.2) is 91.0 Å². The van der Waals surface area contributed by atoms with Gasteiger partial charge in [0.25, 0.3) is 0 Å². The van der Waals surface area contributed by atoms with Gasteiger partial charge in [-0.05, 0) is 28.3 Å². The van der Waals surface area contributed by atoms with E-state index in [1.54, 1.807) is 0 Å². The van der Waals surface area contributed by atoms with E-state index in [4.69, 9.17) is 0 Å². The molecule has 1 aliphatic rings. The molecule has 2 heteroatoms. The number of nitrogens with zero attached hydrogens (tertiary/aromatic N) is 1. The highest BCUT2D eigenvalue weighted by Crippen LogP contribution is 2.69. The van der Waals surface area contributed by atoms with Crippen LogP contribution in [0.5, 0.6) is 0 Å². The predicted molar refractivity (Wildman–Crippen MR) is 123 cm³/mol. The first-order valence-electron chi connectivity index (χ1n) is 10.3. The molecule has 1 fully saturated rings. The Labute approximate surface area is 171 Å². The van der Waals surface area contributed by atoms with Gasteiger partial charge in [0, 0.05) is 5.69 Å².